The molecule has 0 aliphatic carbocycles. The van der Waals surface area contributed by atoms with Crippen LogP contribution in [0.4, 0.5) is 0 Å². The maximum atomic E-state index is 11.0. The molecule has 6 heteroatoms. The molecule has 0 unspecified atom stereocenters. The Hall–Kier alpha value is -0.800. The first-order chi connectivity index (χ1) is 8.52. The van der Waals surface area contributed by atoms with Gasteiger partial charge in [-0.25, -0.2) is 4.98 Å². The van der Waals surface area contributed by atoms with Crippen molar-refractivity contribution in [2.75, 3.05) is 0 Å². The molecule has 1 aromatic heterocycles. The summed E-state index contributed by atoms with van der Waals surface area (Å²) in [6.45, 7) is 0. The van der Waals surface area contributed by atoms with Crippen molar-refractivity contribution < 1.29 is 4.79 Å². The zero-order chi connectivity index (χ0) is 13.3. The lowest BCUT2D eigenvalue weighted by atomic mass is 10.0. The maximum absolute atomic E-state index is 11.0. The van der Waals surface area contributed by atoms with Crippen LogP contribution in [0.5, 0.6) is 0 Å². The number of hydrogen-bond donors (Lipinski definition) is 0. The fraction of sp³-hybridized carbons (Fsp3) is 0. The van der Waals surface area contributed by atoms with Gasteiger partial charge in [-0.2, -0.15) is 0 Å². The third-order valence-corrected chi connectivity index (χ3v) is 3.33. The minimum absolute atomic E-state index is 0.224. The van der Waals surface area contributed by atoms with Gasteiger partial charge in [0.25, 0.3) is 0 Å². The van der Waals surface area contributed by atoms with Crippen LogP contribution < -0.4 is 0 Å². The van der Waals surface area contributed by atoms with Crippen LogP contribution in [0, 0.1) is 0 Å². The first kappa shape index (κ1) is 13.6. The number of aromatic nitrogens is 1. The van der Waals surface area contributed by atoms with Gasteiger partial charge >= 0.3 is 0 Å². The molecule has 0 fully saturated rings. The molecule has 0 saturated heterocycles. The van der Waals surface area contributed by atoms with Gasteiger partial charge in [0.15, 0.2) is 6.29 Å². The second-order valence-corrected chi connectivity index (χ2v) is 5.09. The van der Waals surface area contributed by atoms with Gasteiger partial charge in [0.05, 0.1) is 10.0 Å². The predicted octanol–water partition coefficient (Wildman–Crippen LogP) is 5.17. The van der Waals surface area contributed by atoms with Gasteiger partial charge in [0.2, 0.25) is 0 Å². The van der Waals surface area contributed by atoms with Crippen molar-refractivity contribution in [2.24, 2.45) is 0 Å². The lowest BCUT2D eigenvalue weighted by Gasteiger charge is -2.10. The van der Waals surface area contributed by atoms with Gasteiger partial charge in [-0.3, -0.25) is 4.79 Å². The van der Waals surface area contributed by atoms with Gasteiger partial charge in [-0.15, -0.1) is 0 Å². The molecule has 0 spiro atoms. The van der Waals surface area contributed by atoms with Crippen molar-refractivity contribution >= 4 is 52.7 Å². The van der Waals surface area contributed by atoms with Gasteiger partial charge in [-0.1, -0.05) is 46.4 Å². The normalized spacial score (nSPS) is 10.4. The van der Waals surface area contributed by atoms with E-state index in [1.807, 2.05) is 0 Å². The topological polar surface area (TPSA) is 30.0 Å². The van der Waals surface area contributed by atoms with Crippen LogP contribution in [0.3, 0.4) is 0 Å². The van der Waals surface area contributed by atoms with Crippen molar-refractivity contribution in [3.8, 4) is 11.1 Å². The Morgan fingerprint density at radius 1 is 1.00 bits per heavy atom. The second kappa shape index (κ2) is 5.45. The smallest absolute Gasteiger partial charge is 0.150 e. The van der Waals surface area contributed by atoms with E-state index in [4.69, 9.17) is 46.4 Å². The molecule has 0 bridgehead atoms. The van der Waals surface area contributed by atoms with E-state index in [-0.39, 0.29) is 5.15 Å². The Bertz CT molecular complexity index is 604. The number of carbonyl (C=O) groups excluding carboxylic acids is 1. The quantitative estimate of drug-likeness (QED) is 0.564. The lowest BCUT2D eigenvalue weighted by molar-refractivity contribution is 0.112. The van der Waals surface area contributed by atoms with Crippen molar-refractivity contribution in [1.82, 2.24) is 4.98 Å². The lowest BCUT2D eigenvalue weighted by Crippen LogP contribution is -1.92. The molecule has 0 amide bonds. The number of rotatable bonds is 2. The summed E-state index contributed by atoms with van der Waals surface area (Å²) in [7, 11) is 0. The molecule has 0 radical (unpaired) electrons. The van der Waals surface area contributed by atoms with Gasteiger partial charge < -0.3 is 0 Å². The highest BCUT2D eigenvalue weighted by atomic mass is 35.5. The Balaban J connectivity index is 2.73. The average Bonchev–Trinajstić information content (AvgIpc) is 2.29. The number of benzene rings is 1. The minimum atomic E-state index is 0.224. The van der Waals surface area contributed by atoms with Gasteiger partial charge in [-0.05, 0) is 18.2 Å². The Morgan fingerprint density at radius 3 is 2.17 bits per heavy atom. The first-order valence-corrected chi connectivity index (χ1v) is 6.29. The van der Waals surface area contributed by atoms with Crippen LogP contribution in [0.15, 0.2) is 24.4 Å². The SMILES string of the molecule is O=Cc1cc(Cl)ncc1-c1c(Cl)cc(Cl)cc1Cl. The summed E-state index contributed by atoms with van der Waals surface area (Å²) < 4.78 is 0. The van der Waals surface area contributed by atoms with Crippen molar-refractivity contribution in [1.29, 1.82) is 0 Å². The Labute approximate surface area is 123 Å². The largest absolute Gasteiger partial charge is 0.298 e. The van der Waals surface area contributed by atoms with Crippen LogP contribution in [0.2, 0.25) is 20.2 Å². The van der Waals surface area contributed by atoms with Crippen LogP contribution in [0.1, 0.15) is 10.4 Å². The number of halogens is 4. The molecule has 0 saturated carbocycles. The molecular formula is C12H5Cl4NO. The summed E-state index contributed by atoms with van der Waals surface area (Å²) in [6.07, 6.45) is 2.12. The molecular weight excluding hydrogens is 316 g/mol. The molecule has 0 aliphatic rings. The third kappa shape index (κ3) is 2.62. The van der Waals surface area contributed by atoms with Crippen LogP contribution in [0.25, 0.3) is 11.1 Å². The summed E-state index contributed by atoms with van der Waals surface area (Å²) in [5.41, 5.74) is 1.39. The highest BCUT2D eigenvalue weighted by Crippen LogP contribution is 2.38. The maximum Gasteiger partial charge on any atom is 0.150 e. The number of hydrogen-bond acceptors (Lipinski definition) is 2. The molecule has 1 heterocycles. The molecule has 2 aromatic rings. The Morgan fingerprint density at radius 2 is 1.61 bits per heavy atom. The van der Waals surface area contributed by atoms with E-state index in [9.17, 15) is 4.79 Å². The van der Waals surface area contributed by atoms with E-state index >= 15 is 0 Å². The van der Waals surface area contributed by atoms with Crippen LogP contribution >= 0.6 is 46.4 Å². The average molecular weight is 321 g/mol. The first-order valence-electron chi connectivity index (χ1n) is 4.78. The highest BCUT2D eigenvalue weighted by molar-refractivity contribution is 6.42. The van der Waals surface area contributed by atoms with Crippen LogP contribution in [-0.4, -0.2) is 11.3 Å². The molecule has 1 aromatic carbocycles. The van der Waals surface area contributed by atoms with E-state index in [0.717, 1.165) is 0 Å². The van der Waals surface area contributed by atoms with Crippen molar-refractivity contribution in [3.63, 3.8) is 0 Å². The number of pyridine rings is 1. The van der Waals surface area contributed by atoms with Crippen molar-refractivity contribution in [2.45, 2.75) is 0 Å². The molecule has 0 N–H and O–H groups in total. The van der Waals surface area contributed by atoms with Gasteiger partial charge in [0.1, 0.15) is 5.15 Å². The summed E-state index contributed by atoms with van der Waals surface area (Å²) >= 11 is 23.7. The standard InChI is InChI=1S/C12H5Cl4NO/c13-7-2-9(14)12(10(15)3-7)8-4-17-11(16)1-6(8)5-18/h1-5H. The van der Waals surface area contributed by atoms with E-state index in [1.165, 1.54) is 12.3 Å². The van der Waals surface area contributed by atoms with Crippen LogP contribution in [-0.2, 0) is 0 Å². The van der Waals surface area contributed by atoms with E-state index in [0.29, 0.717) is 38.0 Å². The number of nitrogens with zero attached hydrogens (tertiary/aromatic N) is 1. The van der Waals surface area contributed by atoms with Crippen molar-refractivity contribution in [3.05, 3.63) is 50.2 Å². The van der Waals surface area contributed by atoms with E-state index < -0.39 is 0 Å². The molecule has 0 atom stereocenters. The zero-order valence-electron chi connectivity index (χ0n) is 8.75. The fourth-order valence-electron chi connectivity index (χ4n) is 1.55. The summed E-state index contributed by atoms with van der Waals surface area (Å²) in [5.74, 6) is 0. The third-order valence-electron chi connectivity index (χ3n) is 2.31. The zero-order valence-corrected chi connectivity index (χ0v) is 11.8. The minimum Gasteiger partial charge on any atom is -0.298 e. The second-order valence-electron chi connectivity index (χ2n) is 3.46. The highest BCUT2D eigenvalue weighted by Gasteiger charge is 2.14. The summed E-state index contributed by atoms with van der Waals surface area (Å²) in [5, 5.41) is 1.34. The van der Waals surface area contributed by atoms with Gasteiger partial charge in [0, 0.05) is 27.9 Å². The molecule has 2 rings (SSSR count). The Kier molecular flexibility index (Phi) is 4.13. The summed E-state index contributed by atoms with van der Waals surface area (Å²) in [4.78, 5) is 15.0. The molecule has 18 heavy (non-hydrogen) atoms. The monoisotopic (exact) mass is 319 g/mol. The predicted molar refractivity (Wildman–Crippen MR) is 75.1 cm³/mol. The number of carbonyl (C=O) groups is 1. The van der Waals surface area contributed by atoms with E-state index in [1.54, 1.807) is 12.1 Å². The molecule has 0 aliphatic heterocycles. The molecule has 92 valence electrons. The fourth-order valence-corrected chi connectivity index (χ4v) is 2.74. The van der Waals surface area contributed by atoms with E-state index in [2.05, 4.69) is 4.98 Å². The molecule has 2 nitrogen and oxygen atoms in total. The number of aldehydes is 1. The summed E-state index contributed by atoms with van der Waals surface area (Å²) in [6, 6.07) is 4.55.